The summed E-state index contributed by atoms with van der Waals surface area (Å²) in [7, 11) is 0. The number of benzene rings is 1. The molecular formula is C22H22ClN3S. The second-order valence-electron chi connectivity index (χ2n) is 6.49. The highest BCUT2D eigenvalue weighted by atomic mass is 35.5. The molecule has 4 rings (SSSR count). The first kappa shape index (κ1) is 19.3. The fourth-order valence-electron chi connectivity index (χ4n) is 3.32. The van der Waals surface area contributed by atoms with E-state index in [4.69, 9.17) is 0 Å². The van der Waals surface area contributed by atoms with Crippen LogP contribution < -0.4 is 0 Å². The number of aromatic nitrogens is 3. The van der Waals surface area contributed by atoms with Gasteiger partial charge in [0, 0.05) is 22.7 Å². The fourth-order valence-corrected chi connectivity index (χ4v) is 3.93. The third-order valence-corrected chi connectivity index (χ3v) is 5.62. The Labute approximate surface area is 169 Å². The van der Waals surface area contributed by atoms with E-state index in [1.54, 1.807) is 11.3 Å². The van der Waals surface area contributed by atoms with Crippen LogP contribution in [0.5, 0.6) is 0 Å². The van der Waals surface area contributed by atoms with Crippen molar-refractivity contribution in [2.24, 2.45) is 0 Å². The third-order valence-electron chi connectivity index (χ3n) is 4.79. The zero-order chi connectivity index (χ0) is 18.1. The standard InChI is InChI=1S/C22H21N3S.ClH/c1-15-16(2)25(13-19-14-26-17(3)24-19)22-20(15)11-12-23-21(22)10-9-18-7-5-4-6-8-18;/h4-12,14H,13H2,1-3H3;1H. The molecule has 0 aliphatic heterocycles. The number of pyridine rings is 1. The lowest BCUT2D eigenvalue weighted by Crippen LogP contribution is -2.03. The Morgan fingerprint density at radius 2 is 1.81 bits per heavy atom. The van der Waals surface area contributed by atoms with Gasteiger partial charge in [0.05, 0.1) is 28.5 Å². The summed E-state index contributed by atoms with van der Waals surface area (Å²) in [6.45, 7) is 7.19. The average molecular weight is 396 g/mol. The molecule has 0 aliphatic rings. The monoisotopic (exact) mass is 395 g/mol. The molecule has 1 aromatic carbocycles. The van der Waals surface area contributed by atoms with Crippen molar-refractivity contribution in [3.63, 3.8) is 0 Å². The Bertz CT molecular complexity index is 1090. The van der Waals surface area contributed by atoms with Gasteiger partial charge in [-0.05, 0) is 44.0 Å². The molecular weight excluding hydrogens is 374 g/mol. The van der Waals surface area contributed by atoms with Gasteiger partial charge >= 0.3 is 0 Å². The van der Waals surface area contributed by atoms with Gasteiger partial charge < -0.3 is 4.57 Å². The molecule has 0 aliphatic carbocycles. The molecule has 4 aromatic rings. The van der Waals surface area contributed by atoms with E-state index in [9.17, 15) is 0 Å². The quantitative estimate of drug-likeness (QED) is 0.420. The summed E-state index contributed by atoms with van der Waals surface area (Å²) in [6.07, 6.45) is 6.13. The second kappa shape index (κ2) is 8.07. The molecule has 0 amide bonds. The molecule has 0 bridgehead atoms. The van der Waals surface area contributed by atoms with Crippen LogP contribution in [0, 0.1) is 20.8 Å². The van der Waals surface area contributed by atoms with Crippen molar-refractivity contribution < 1.29 is 0 Å². The van der Waals surface area contributed by atoms with Gasteiger partial charge in [-0.1, -0.05) is 36.4 Å². The van der Waals surface area contributed by atoms with Crippen molar-refractivity contribution in [1.82, 2.24) is 14.5 Å². The van der Waals surface area contributed by atoms with Gasteiger partial charge in [-0.15, -0.1) is 23.7 Å². The van der Waals surface area contributed by atoms with Gasteiger partial charge in [0.2, 0.25) is 0 Å². The third kappa shape index (κ3) is 3.82. The first-order valence-corrected chi connectivity index (χ1v) is 9.60. The van der Waals surface area contributed by atoms with Crippen molar-refractivity contribution in [3.8, 4) is 0 Å². The van der Waals surface area contributed by atoms with Crippen LogP contribution in [0.1, 0.15) is 33.2 Å². The maximum absolute atomic E-state index is 4.66. The van der Waals surface area contributed by atoms with Crippen molar-refractivity contribution in [2.45, 2.75) is 27.3 Å². The number of nitrogens with zero attached hydrogens (tertiary/aromatic N) is 3. The molecule has 0 fully saturated rings. The molecule has 138 valence electrons. The minimum Gasteiger partial charge on any atom is -0.337 e. The van der Waals surface area contributed by atoms with Gasteiger partial charge in [0.1, 0.15) is 0 Å². The zero-order valence-electron chi connectivity index (χ0n) is 15.6. The molecule has 0 unspecified atom stereocenters. The first-order chi connectivity index (χ1) is 12.6. The van der Waals surface area contributed by atoms with Crippen molar-refractivity contribution in [3.05, 3.63) is 81.2 Å². The Balaban J connectivity index is 0.00000210. The lowest BCUT2D eigenvalue weighted by atomic mass is 10.1. The number of halogens is 1. The molecule has 0 spiro atoms. The number of hydrogen-bond donors (Lipinski definition) is 0. The number of fused-ring (bicyclic) bond motifs is 1. The molecule has 3 nitrogen and oxygen atoms in total. The maximum Gasteiger partial charge on any atom is 0.0898 e. The minimum atomic E-state index is 0. The van der Waals surface area contributed by atoms with E-state index in [1.165, 1.54) is 27.7 Å². The van der Waals surface area contributed by atoms with Crippen LogP contribution in [0.15, 0.2) is 48.0 Å². The Hall–Kier alpha value is -2.43. The molecule has 0 saturated carbocycles. The van der Waals surface area contributed by atoms with Crippen LogP contribution in [0.25, 0.3) is 23.1 Å². The van der Waals surface area contributed by atoms with Crippen molar-refractivity contribution >= 4 is 46.8 Å². The lowest BCUT2D eigenvalue weighted by Gasteiger charge is -2.08. The first-order valence-electron chi connectivity index (χ1n) is 8.72. The smallest absolute Gasteiger partial charge is 0.0898 e. The van der Waals surface area contributed by atoms with E-state index >= 15 is 0 Å². The molecule has 5 heteroatoms. The summed E-state index contributed by atoms with van der Waals surface area (Å²) in [5.74, 6) is 0. The van der Waals surface area contributed by atoms with Crippen LogP contribution in [-0.2, 0) is 6.54 Å². The van der Waals surface area contributed by atoms with E-state index in [1.807, 2.05) is 12.3 Å². The predicted octanol–water partition coefficient (Wildman–Crippen LogP) is 6.06. The van der Waals surface area contributed by atoms with Gasteiger partial charge in [0.15, 0.2) is 0 Å². The van der Waals surface area contributed by atoms with Gasteiger partial charge in [-0.3, -0.25) is 4.98 Å². The topological polar surface area (TPSA) is 30.7 Å². The highest BCUT2D eigenvalue weighted by molar-refractivity contribution is 7.09. The van der Waals surface area contributed by atoms with E-state index in [2.05, 4.69) is 83.2 Å². The summed E-state index contributed by atoms with van der Waals surface area (Å²) >= 11 is 1.70. The number of aryl methyl sites for hydroxylation is 2. The van der Waals surface area contributed by atoms with Crippen molar-refractivity contribution in [1.29, 1.82) is 0 Å². The lowest BCUT2D eigenvalue weighted by molar-refractivity contribution is 0.778. The van der Waals surface area contributed by atoms with Crippen LogP contribution in [0.2, 0.25) is 0 Å². The fraction of sp³-hybridized carbons (Fsp3) is 0.182. The SMILES string of the molecule is Cc1nc(Cn2c(C)c(C)c3ccnc(C=Cc4ccccc4)c32)cs1.Cl. The molecule has 0 N–H and O–H groups in total. The number of hydrogen-bond acceptors (Lipinski definition) is 3. The highest BCUT2D eigenvalue weighted by Crippen LogP contribution is 2.29. The summed E-state index contributed by atoms with van der Waals surface area (Å²) in [5, 5.41) is 4.51. The predicted molar refractivity (Wildman–Crippen MR) is 118 cm³/mol. The second-order valence-corrected chi connectivity index (χ2v) is 7.55. The van der Waals surface area contributed by atoms with Gasteiger partial charge in [0.25, 0.3) is 0 Å². The molecule has 0 atom stereocenters. The molecule has 3 aromatic heterocycles. The average Bonchev–Trinajstić information content (AvgIpc) is 3.18. The highest BCUT2D eigenvalue weighted by Gasteiger charge is 2.15. The summed E-state index contributed by atoms with van der Waals surface area (Å²) in [6, 6.07) is 12.4. The van der Waals surface area contributed by atoms with Crippen molar-refractivity contribution in [2.75, 3.05) is 0 Å². The largest absolute Gasteiger partial charge is 0.337 e. The summed E-state index contributed by atoms with van der Waals surface area (Å²) in [5.41, 5.74) is 7.04. The van der Waals surface area contributed by atoms with Gasteiger partial charge in [-0.2, -0.15) is 0 Å². The molecule has 3 heterocycles. The maximum atomic E-state index is 4.66. The van der Waals surface area contributed by atoms with E-state index in [0.29, 0.717) is 0 Å². The van der Waals surface area contributed by atoms with Crippen LogP contribution in [-0.4, -0.2) is 14.5 Å². The number of rotatable bonds is 4. The Morgan fingerprint density at radius 1 is 1.04 bits per heavy atom. The van der Waals surface area contributed by atoms with Crippen LogP contribution in [0.3, 0.4) is 0 Å². The molecule has 27 heavy (non-hydrogen) atoms. The minimum absolute atomic E-state index is 0. The van der Waals surface area contributed by atoms with E-state index < -0.39 is 0 Å². The molecule has 0 radical (unpaired) electrons. The molecule has 0 saturated heterocycles. The zero-order valence-corrected chi connectivity index (χ0v) is 17.3. The summed E-state index contributed by atoms with van der Waals surface area (Å²) < 4.78 is 2.34. The van der Waals surface area contributed by atoms with Crippen LogP contribution in [0.4, 0.5) is 0 Å². The van der Waals surface area contributed by atoms with Crippen LogP contribution >= 0.6 is 23.7 Å². The number of thiazole rings is 1. The van der Waals surface area contributed by atoms with E-state index in [-0.39, 0.29) is 12.4 Å². The van der Waals surface area contributed by atoms with E-state index in [0.717, 1.165) is 22.9 Å². The normalized spacial score (nSPS) is 11.2. The Morgan fingerprint density at radius 3 is 2.52 bits per heavy atom. The van der Waals surface area contributed by atoms with Gasteiger partial charge in [-0.25, -0.2) is 4.98 Å². The Kier molecular flexibility index (Phi) is 5.78. The summed E-state index contributed by atoms with van der Waals surface area (Å²) in [4.78, 5) is 9.30.